The first-order chi connectivity index (χ1) is 27.4. The molecular formula is C55H55NO2. The Hall–Kier alpha value is -5.28. The number of anilines is 3. The van der Waals surface area contributed by atoms with E-state index in [1.807, 2.05) is 6.07 Å². The van der Waals surface area contributed by atoms with Crippen molar-refractivity contribution in [3.63, 3.8) is 0 Å². The Bertz CT molecular complexity index is 3050. The lowest BCUT2D eigenvalue weighted by molar-refractivity contribution is 0.331. The van der Waals surface area contributed by atoms with Gasteiger partial charge in [0.1, 0.15) is 22.3 Å². The maximum absolute atomic E-state index is 6.68. The van der Waals surface area contributed by atoms with Gasteiger partial charge >= 0.3 is 0 Å². The van der Waals surface area contributed by atoms with E-state index in [0.717, 1.165) is 55.6 Å². The van der Waals surface area contributed by atoms with Crippen LogP contribution < -0.4 is 4.90 Å². The van der Waals surface area contributed by atoms with Crippen LogP contribution in [0, 0.1) is 0 Å². The highest BCUT2D eigenvalue weighted by molar-refractivity contribution is 6.08. The summed E-state index contributed by atoms with van der Waals surface area (Å²) in [5.74, 6) is 0. The smallest absolute Gasteiger partial charge is 0.137 e. The number of hydrogen-bond donors (Lipinski definition) is 0. The van der Waals surface area contributed by atoms with Gasteiger partial charge in [0.15, 0.2) is 0 Å². The van der Waals surface area contributed by atoms with Crippen molar-refractivity contribution >= 4 is 60.9 Å². The Morgan fingerprint density at radius 2 is 0.845 bits per heavy atom. The summed E-state index contributed by atoms with van der Waals surface area (Å²) < 4.78 is 13.2. The zero-order valence-corrected chi connectivity index (χ0v) is 35.9. The fraction of sp³-hybridized carbons (Fsp3) is 0.345. The first-order valence-corrected chi connectivity index (χ1v) is 21.5. The van der Waals surface area contributed by atoms with Crippen LogP contribution in [0.2, 0.25) is 0 Å². The van der Waals surface area contributed by atoms with Gasteiger partial charge in [0, 0.05) is 50.1 Å². The second-order valence-corrected chi connectivity index (χ2v) is 21.1. The quantitative estimate of drug-likeness (QED) is 0.180. The number of hydrogen-bond acceptors (Lipinski definition) is 3. The molecule has 0 aliphatic heterocycles. The molecule has 3 aliphatic rings. The van der Waals surface area contributed by atoms with E-state index in [-0.39, 0.29) is 27.1 Å². The maximum atomic E-state index is 6.68. The van der Waals surface area contributed by atoms with E-state index in [9.17, 15) is 0 Å². The summed E-state index contributed by atoms with van der Waals surface area (Å²) in [6, 6.07) is 38.9. The van der Waals surface area contributed by atoms with E-state index >= 15 is 0 Å². The Balaban J connectivity index is 1.12. The number of furan rings is 2. The van der Waals surface area contributed by atoms with Gasteiger partial charge < -0.3 is 13.7 Å². The van der Waals surface area contributed by atoms with Crippen LogP contribution in [-0.2, 0) is 27.1 Å². The van der Waals surface area contributed by atoms with Crippen LogP contribution in [0.3, 0.4) is 0 Å². The summed E-state index contributed by atoms with van der Waals surface area (Å²) in [5, 5.41) is 4.61. The molecule has 292 valence electrons. The largest absolute Gasteiger partial charge is 0.456 e. The van der Waals surface area contributed by atoms with Gasteiger partial charge in [0.05, 0.1) is 0 Å². The second-order valence-electron chi connectivity index (χ2n) is 21.1. The molecule has 3 nitrogen and oxygen atoms in total. The van der Waals surface area contributed by atoms with Gasteiger partial charge in [0.2, 0.25) is 0 Å². The highest BCUT2D eigenvalue weighted by Crippen LogP contribution is 2.56. The lowest BCUT2D eigenvalue weighted by Crippen LogP contribution is -2.34. The van der Waals surface area contributed by atoms with Crippen LogP contribution in [0.4, 0.5) is 17.1 Å². The summed E-state index contributed by atoms with van der Waals surface area (Å²) in [5.41, 5.74) is 18.8. The summed E-state index contributed by atoms with van der Waals surface area (Å²) in [4.78, 5) is 2.42. The zero-order valence-electron chi connectivity index (χ0n) is 35.9. The summed E-state index contributed by atoms with van der Waals surface area (Å²) >= 11 is 0. The van der Waals surface area contributed by atoms with Crippen molar-refractivity contribution in [2.75, 3.05) is 4.90 Å². The van der Waals surface area contributed by atoms with Crippen molar-refractivity contribution < 1.29 is 8.83 Å². The molecule has 2 aromatic heterocycles. The van der Waals surface area contributed by atoms with Crippen LogP contribution in [-0.4, -0.2) is 0 Å². The molecule has 0 spiro atoms. The molecule has 0 saturated heterocycles. The molecule has 0 radical (unpaired) electrons. The standard InChI is InChI=1S/C55H55NO2/c1-51(2)21-23-53(5,6)45-30-42-38(28-43(45)51)35-18-15-33(26-41(35)55(42,9)10)56(34-16-19-37-36-13-11-12-14-47(36)57-49(37)27-34)32-17-20-48-39(25-32)40-29-44-46(31-50(40)58-48)54(7,8)24-22-52(44,3)4/h11-20,25-31H,21-24H2,1-10H3. The molecule has 58 heavy (non-hydrogen) atoms. The van der Waals surface area contributed by atoms with Gasteiger partial charge in [-0.3, -0.25) is 0 Å². The molecule has 0 bridgehead atoms. The summed E-state index contributed by atoms with van der Waals surface area (Å²) in [6.07, 6.45) is 4.77. The van der Waals surface area contributed by atoms with Gasteiger partial charge in [-0.2, -0.15) is 0 Å². The first-order valence-electron chi connectivity index (χ1n) is 21.5. The number of fused-ring (bicyclic) bond motifs is 11. The maximum Gasteiger partial charge on any atom is 0.137 e. The fourth-order valence-corrected chi connectivity index (χ4v) is 11.2. The minimum Gasteiger partial charge on any atom is -0.456 e. The van der Waals surface area contributed by atoms with Crippen molar-refractivity contribution in [1.29, 1.82) is 0 Å². The van der Waals surface area contributed by atoms with E-state index < -0.39 is 0 Å². The molecule has 6 aromatic carbocycles. The Kier molecular flexibility index (Phi) is 7.09. The molecule has 0 N–H and O–H groups in total. The molecule has 0 saturated carbocycles. The van der Waals surface area contributed by atoms with E-state index in [4.69, 9.17) is 8.83 Å². The van der Waals surface area contributed by atoms with Crippen molar-refractivity contribution in [1.82, 2.24) is 0 Å². The average molecular weight is 762 g/mol. The molecule has 2 heterocycles. The normalized spacial score (nSPS) is 19.3. The molecule has 3 heteroatoms. The minimum absolute atomic E-state index is 0.105. The van der Waals surface area contributed by atoms with Crippen molar-refractivity contribution in [2.45, 2.75) is 122 Å². The van der Waals surface area contributed by atoms with Crippen LogP contribution in [0.1, 0.15) is 128 Å². The molecule has 0 fully saturated rings. The molecule has 0 unspecified atom stereocenters. The minimum atomic E-state index is -0.161. The van der Waals surface area contributed by atoms with Crippen LogP contribution in [0.5, 0.6) is 0 Å². The SMILES string of the molecule is CC1(C)CCC(C)(C)c2cc3c(cc21)-c1ccc(N(c2ccc4c(c2)oc2ccccc24)c2ccc4oc5cc6c(cc5c4c2)C(C)(C)CCC6(C)C)cc1C3(C)C. The highest BCUT2D eigenvalue weighted by Gasteiger charge is 2.43. The third-order valence-electron chi connectivity index (χ3n) is 15.2. The molecular weight excluding hydrogens is 707 g/mol. The third kappa shape index (κ3) is 4.98. The highest BCUT2D eigenvalue weighted by atomic mass is 16.3. The Labute approximate surface area is 343 Å². The van der Waals surface area contributed by atoms with Gasteiger partial charge in [-0.1, -0.05) is 99.6 Å². The average Bonchev–Trinajstić information content (AvgIpc) is 3.81. The lowest BCUT2D eigenvalue weighted by Gasteiger charge is -2.42. The fourth-order valence-electron chi connectivity index (χ4n) is 11.2. The molecule has 0 amide bonds. The van der Waals surface area contributed by atoms with Crippen molar-refractivity contribution in [2.24, 2.45) is 0 Å². The third-order valence-corrected chi connectivity index (χ3v) is 15.2. The number of benzene rings is 6. The Morgan fingerprint density at radius 3 is 1.55 bits per heavy atom. The lowest BCUT2D eigenvalue weighted by atomic mass is 9.62. The van der Waals surface area contributed by atoms with E-state index in [1.165, 1.54) is 75.6 Å². The van der Waals surface area contributed by atoms with Crippen molar-refractivity contribution in [3.8, 4) is 11.1 Å². The predicted molar refractivity (Wildman–Crippen MR) is 244 cm³/mol. The van der Waals surface area contributed by atoms with E-state index in [2.05, 4.69) is 171 Å². The van der Waals surface area contributed by atoms with Crippen molar-refractivity contribution in [3.05, 3.63) is 137 Å². The van der Waals surface area contributed by atoms with Gasteiger partial charge in [-0.15, -0.1) is 0 Å². The molecule has 3 aliphatic carbocycles. The van der Waals surface area contributed by atoms with Crippen LogP contribution in [0.15, 0.2) is 112 Å². The number of para-hydroxylation sites is 1. The second kappa shape index (κ2) is 11.5. The van der Waals surface area contributed by atoms with Gasteiger partial charge in [-0.05, 0) is 159 Å². The van der Waals surface area contributed by atoms with E-state index in [1.54, 1.807) is 0 Å². The topological polar surface area (TPSA) is 29.5 Å². The predicted octanol–water partition coefficient (Wildman–Crippen LogP) is 16.0. The summed E-state index contributed by atoms with van der Waals surface area (Å²) in [6.45, 7) is 24.2. The monoisotopic (exact) mass is 761 g/mol. The first kappa shape index (κ1) is 35.8. The van der Waals surface area contributed by atoms with Crippen LogP contribution in [0.25, 0.3) is 55.0 Å². The van der Waals surface area contributed by atoms with E-state index in [0.29, 0.717) is 0 Å². The van der Waals surface area contributed by atoms with Gasteiger partial charge in [0.25, 0.3) is 0 Å². The zero-order chi connectivity index (χ0) is 40.3. The van der Waals surface area contributed by atoms with Gasteiger partial charge in [-0.25, -0.2) is 0 Å². The number of nitrogens with zero attached hydrogens (tertiary/aromatic N) is 1. The number of rotatable bonds is 3. The van der Waals surface area contributed by atoms with Crippen LogP contribution >= 0.6 is 0 Å². The molecule has 8 aromatic rings. The Morgan fingerprint density at radius 1 is 0.362 bits per heavy atom. The summed E-state index contributed by atoms with van der Waals surface area (Å²) in [7, 11) is 0. The molecule has 11 rings (SSSR count). The molecule has 0 atom stereocenters.